The van der Waals surface area contributed by atoms with Crippen LogP contribution in [0, 0.1) is 0 Å². The summed E-state index contributed by atoms with van der Waals surface area (Å²) in [5.74, 6) is -0.606. The zero-order valence-electron chi connectivity index (χ0n) is 10.5. The number of nitrogens with zero attached hydrogens (tertiary/aromatic N) is 2. The summed E-state index contributed by atoms with van der Waals surface area (Å²) in [5.41, 5.74) is 0.0302. The van der Waals surface area contributed by atoms with Crippen LogP contribution in [-0.2, 0) is 4.74 Å². The third-order valence-electron chi connectivity index (χ3n) is 2.92. The van der Waals surface area contributed by atoms with Gasteiger partial charge in [-0.25, -0.2) is 9.48 Å². The van der Waals surface area contributed by atoms with Crippen LogP contribution in [0.5, 0.6) is 0 Å². The normalized spacial score (nSPS) is 22.6. The van der Waals surface area contributed by atoms with E-state index in [1.165, 1.54) is 0 Å². The van der Waals surface area contributed by atoms with Crippen LogP contribution >= 0.6 is 0 Å². The van der Waals surface area contributed by atoms with Crippen molar-refractivity contribution in [1.82, 2.24) is 9.78 Å². The fourth-order valence-electron chi connectivity index (χ4n) is 2.10. The van der Waals surface area contributed by atoms with E-state index in [4.69, 9.17) is 4.74 Å². The third-order valence-corrected chi connectivity index (χ3v) is 2.92. The molecule has 0 saturated heterocycles. The molecule has 1 aromatic heterocycles. The van der Waals surface area contributed by atoms with Crippen molar-refractivity contribution in [3.63, 3.8) is 0 Å². The van der Waals surface area contributed by atoms with Crippen LogP contribution in [0.25, 0.3) is 0 Å². The number of anilines is 1. The summed E-state index contributed by atoms with van der Waals surface area (Å²) >= 11 is 0. The molecule has 1 aromatic rings. The molecule has 0 unspecified atom stereocenters. The van der Waals surface area contributed by atoms with Gasteiger partial charge in [0.15, 0.2) is 6.04 Å². The Morgan fingerprint density at radius 3 is 2.89 bits per heavy atom. The molecule has 8 heteroatoms. The van der Waals surface area contributed by atoms with E-state index in [0.717, 1.165) is 10.9 Å². The average molecular weight is 277 g/mol. The molecule has 5 nitrogen and oxygen atoms in total. The summed E-state index contributed by atoms with van der Waals surface area (Å²) in [7, 11) is 0. The van der Waals surface area contributed by atoms with Gasteiger partial charge in [0.2, 0.25) is 0 Å². The fourth-order valence-corrected chi connectivity index (χ4v) is 2.10. The van der Waals surface area contributed by atoms with Crippen LogP contribution in [-0.4, -0.2) is 34.6 Å². The van der Waals surface area contributed by atoms with Gasteiger partial charge < -0.3 is 10.1 Å². The molecular weight excluding hydrogens is 263 g/mol. The molecule has 0 amide bonds. The Morgan fingerprint density at radius 1 is 1.63 bits per heavy atom. The zero-order valence-corrected chi connectivity index (χ0v) is 10.5. The lowest BCUT2D eigenvalue weighted by Gasteiger charge is -2.31. The maximum atomic E-state index is 12.9. The summed E-state index contributed by atoms with van der Waals surface area (Å²) in [6, 6.07) is -2.12. The molecule has 2 atom stereocenters. The van der Waals surface area contributed by atoms with Gasteiger partial charge in [0.25, 0.3) is 0 Å². The maximum absolute atomic E-state index is 12.9. The van der Waals surface area contributed by atoms with Crippen molar-refractivity contribution < 1.29 is 22.7 Å². The molecule has 0 fully saturated rings. The number of hydrogen-bond acceptors (Lipinski definition) is 4. The predicted octanol–water partition coefficient (Wildman–Crippen LogP) is 2.37. The van der Waals surface area contributed by atoms with E-state index in [2.05, 4.69) is 10.4 Å². The highest BCUT2D eigenvalue weighted by atomic mass is 19.4. The molecule has 106 valence electrons. The number of esters is 1. The minimum atomic E-state index is -4.40. The molecule has 1 aliphatic heterocycles. The van der Waals surface area contributed by atoms with Gasteiger partial charge >= 0.3 is 12.1 Å². The first kappa shape index (κ1) is 13.7. The van der Waals surface area contributed by atoms with Crippen LogP contribution in [0.15, 0.2) is 6.20 Å². The summed E-state index contributed by atoms with van der Waals surface area (Å²) in [5, 5.41) is 6.53. The Balaban J connectivity index is 2.40. The summed E-state index contributed by atoms with van der Waals surface area (Å²) in [6.07, 6.45) is -3.42. The summed E-state index contributed by atoms with van der Waals surface area (Å²) in [6.45, 7) is 3.41. The van der Waals surface area contributed by atoms with Gasteiger partial charge in [0.05, 0.1) is 12.8 Å². The molecule has 1 N–H and O–H groups in total. The van der Waals surface area contributed by atoms with E-state index in [1.807, 2.05) is 0 Å². The molecule has 0 aliphatic carbocycles. The lowest BCUT2D eigenvalue weighted by atomic mass is 10.1. The molecule has 2 rings (SSSR count). The van der Waals surface area contributed by atoms with Gasteiger partial charge in [-0.2, -0.15) is 18.3 Å². The number of fused-ring (bicyclic) bond motifs is 1. The van der Waals surface area contributed by atoms with Crippen molar-refractivity contribution in [2.75, 3.05) is 11.9 Å². The Bertz CT molecular complexity index is 484. The smallest absolute Gasteiger partial charge is 0.410 e. The second-order valence-corrected chi connectivity index (χ2v) is 4.41. The Hall–Kier alpha value is -1.73. The van der Waals surface area contributed by atoms with E-state index in [9.17, 15) is 18.0 Å². The molecule has 0 saturated carbocycles. The second-order valence-electron chi connectivity index (χ2n) is 4.41. The molecule has 0 bridgehead atoms. The number of carbonyl (C=O) groups excluding carboxylic acids is 1. The Labute approximate surface area is 107 Å². The van der Waals surface area contributed by atoms with Crippen LogP contribution in [0.3, 0.4) is 0 Å². The molecule has 0 aromatic carbocycles. The molecule has 1 aliphatic rings. The predicted molar refractivity (Wildman–Crippen MR) is 61.0 cm³/mol. The van der Waals surface area contributed by atoms with Crippen LogP contribution in [0.4, 0.5) is 19.0 Å². The highest BCUT2D eigenvalue weighted by Crippen LogP contribution is 2.40. The van der Waals surface area contributed by atoms with Crippen molar-refractivity contribution in [2.45, 2.75) is 38.5 Å². The number of nitrogens with one attached hydrogen (secondary N) is 1. The number of aromatic nitrogens is 2. The molecule has 0 radical (unpaired) electrons. The summed E-state index contributed by atoms with van der Waals surface area (Å²) < 4.78 is 44.4. The van der Waals surface area contributed by atoms with Crippen molar-refractivity contribution in [3.05, 3.63) is 11.8 Å². The lowest BCUT2D eigenvalue weighted by Crippen LogP contribution is -2.38. The van der Waals surface area contributed by atoms with Gasteiger partial charge in [-0.05, 0) is 20.3 Å². The third kappa shape index (κ3) is 2.52. The Kier molecular flexibility index (Phi) is 3.42. The maximum Gasteiger partial charge on any atom is 0.410 e. The van der Waals surface area contributed by atoms with Gasteiger partial charge in [0, 0.05) is 6.04 Å². The van der Waals surface area contributed by atoms with Crippen molar-refractivity contribution in [1.29, 1.82) is 0 Å². The highest BCUT2D eigenvalue weighted by molar-refractivity contribution is 5.94. The van der Waals surface area contributed by atoms with E-state index in [0.29, 0.717) is 0 Å². The van der Waals surface area contributed by atoms with E-state index in [-0.39, 0.29) is 24.4 Å². The number of ether oxygens (including phenoxy) is 1. The van der Waals surface area contributed by atoms with Gasteiger partial charge in [-0.1, -0.05) is 0 Å². The molecular formula is C11H14F3N3O2. The number of alkyl halides is 3. The monoisotopic (exact) mass is 277 g/mol. The van der Waals surface area contributed by atoms with E-state index in [1.54, 1.807) is 13.8 Å². The molecule has 0 spiro atoms. The minimum Gasteiger partial charge on any atom is -0.462 e. The van der Waals surface area contributed by atoms with Gasteiger partial charge in [0.1, 0.15) is 11.4 Å². The number of hydrogen-bond donors (Lipinski definition) is 1. The van der Waals surface area contributed by atoms with Crippen molar-refractivity contribution in [2.24, 2.45) is 0 Å². The van der Waals surface area contributed by atoms with Crippen molar-refractivity contribution >= 4 is 11.8 Å². The van der Waals surface area contributed by atoms with Crippen LogP contribution in [0.1, 0.15) is 36.7 Å². The summed E-state index contributed by atoms with van der Waals surface area (Å²) in [4.78, 5) is 11.6. The van der Waals surface area contributed by atoms with Gasteiger partial charge in [-0.15, -0.1) is 0 Å². The van der Waals surface area contributed by atoms with E-state index >= 15 is 0 Å². The lowest BCUT2D eigenvalue weighted by molar-refractivity contribution is -0.173. The average Bonchev–Trinajstić information content (AvgIpc) is 2.70. The quantitative estimate of drug-likeness (QED) is 0.843. The Morgan fingerprint density at radius 2 is 2.32 bits per heavy atom. The number of carbonyl (C=O) groups is 1. The topological polar surface area (TPSA) is 56.1 Å². The first-order valence-corrected chi connectivity index (χ1v) is 5.92. The molecule has 19 heavy (non-hydrogen) atoms. The minimum absolute atomic E-state index is 0.0302. The second kappa shape index (κ2) is 4.75. The number of halogens is 3. The largest absolute Gasteiger partial charge is 0.462 e. The SMILES string of the molecule is CCOC(=O)c1cnn2c1N[C@@H](C)C[C@H]2C(F)(F)F. The van der Waals surface area contributed by atoms with Gasteiger partial charge in [-0.3, -0.25) is 0 Å². The van der Waals surface area contributed by atoms with Crippen LogP contribution < -0.4 is 5.32 Å². The number of rotatable bonds is 2. The fraction of sp³-hybridized carbons (Fsp3) is 0.636. The standard InChI is InChI=1S/C11H14F3N3O2/c1-3-19-10(18)7-5-15-17-8(11(12,13)14)4-6(2)16-9(7)17/h5-6,8,16H,3-4H2,1-2H3/t6-,8-/m0/s1. The van der Waals surface area contributed by atoms with Crippen molar-refractivity contribution in [3.8, 4) is 0 Å². The first-order chi connectivity index (χ1) is 8.84. The highest BCUT2D eigenvalue weighted by Gasteiger charge is 2.46. The first-order valence-electron chi connectivity index (χ1n) is 5.92. The van der Waals surface area contributed by atoms with Crippen LogP contribution in [0.2, 0.25) is 0 Å². The molecule has 2 heterocycles. The zero-order chi connectivity index (χ0) is 14.2. The van der Waals surface area contributed by atoms with E-state index < -0.39 is 24.2 Å².